The van der Waals surface area contributed by atoms with E-state index in [1.165, 1.54) is 12.1 Å². The largest absolute Gasteiger partial charge is 0.508 e. The van der Waals surface area contributed by atoms with Crippen LogP contribution in [0.5, 0.6) is 11.5 Å². The number of nitrogens with one attached hydrogen (secondary N) is 2. The first kappa shape index (κ1) is 22.6. The minimum Gasteiger partial charge on any atom is -0.508 e. The second-order valence-electron chi connectivity index (χ2n) is 7.75. The quantitative estimate of drug-likeness (QED) is 0.326. The molecule has 4 rings (SSSR count). The Morgan fingerprint density at radius 1 is 0.500 bits per heavy atom. The van der Waals surface area contributed by atoms with Crippen LogP contribution in [0, 0.1) is 0 Å². The maximum atomic E-state index is 13.1. The molecule has 2 atom stereocenters. The first-order valence-electron chi connectivity index (χ1n) is 10.8. The Morgan fingerprint density at radius 2 is 0.824 bits per heavy atom. The maximum Gasteiger partial charge on any atom is 0.251 e. The standard InChI is InChI=1S/C28H24N2O4/c31-23-17-9-7-15-21(23)25(29-27(33)19-11-3-1-4-12-19)26(22-16-8-10-18-24(22)32)30-28(34)20-13-5-2-6-14-20/h1-18,25-26,31-32H,(H,29,33)(H,30,34)/t25-,26-/m0/s1. The molecular weight excluding hydrogens is 428 g/mol. The van der Waals surface area contributed by atoms with Gasteiger partial charge in [0.2, 0.25) is 0 Å². The van der Waals surface area contributed by atoms with Crippen molar-refractivity contribution in [1.29, 1.82) is 0 Å². The van der Waals surface area contributed by atoms with E-state index in [1.807, 2.05) is 12.1 Å². The number of phenols is 2. The van der Waals surface area contributed by atoms with E-state index in [0.29, 0.717) is 22.3 Å². The molecule has 0 heterocycles. The summed E-state index contributed by atoms with van der Waals surface area (Å²) in [5.41, 5.74) is 1.64. The molecule has 0 saturated carbocycles. The van der Waals surface area contributed by atoms with Crippen molar-refractivity contribution in [3.8, 4) is 11.5 Å². The number of carbonyl (C=O) groups is 2. The summed E-state index contributed by atoms with van der Waals surface area (Å²) in [7, 11) is 0. The summed E-state index contributed by atoms with van der Waals surface area (Å²) in [4.78, 5) is 26.3. The van der Waals surface area contributed by atoms with Crippen molar-refractivity contribution in [2.45, 2.75) is 12.1 Å². The third-order valence-electron chi connectivity index (χ3n) is 5.52. The second kappa shape index (κ2) is 10.4. The highest BCUT2D eigenvalue weighted by molar-refractivity contribution is 5.96. The lowest BCUT2D eigenvalue weighted by Crippen LogP contribution is -2.41. The number of aromatic hydroxyl groups is 2. The first-order valence-corrected chi connectivity index (χ1v) is 10.8. The van der Waals surface area contributed by atoms with E-state index < -0.39 is 12.1 Å². The molecule has 4 aromatic rings. The van der Waals surface area contributed by atoms with Gasteiger partial charge in [-0.25, -0.2) is 0 Å². The van der Waals surface area contributed by atoms with E-state index in [9.17, 15) is 19.8 Å². The molecular formula is C28H24N2O4. The molecule has 0 bridgehead atoms. The van der Waals surface area contributed by atoms with Crippen LogP contribution in [-0.4, -0.2) is 22.0 Å². The fourth-order valence-corrected chi connectivity index (χ4v) is 3.81. The van der Waals surface area contributed by atoms with Crippen LogP contribution in [0.1, 0.15) is 43.9 Å². The summed E-state index contributed by atoms with van der Waals surface area (Å²) >= 11 is 0. The normalized spacial score (nSPS) is 12.4. The third kappa shape index (κ3) is 5.07. The number of carbonyl (C=O) groups excluding carboxylic acids is 2. The molecule has 0 aliphatic carbocycles. The molecule has 6 heteroatoms. The number of amides is 2. The summed E-state index contributed by atoms with van der Waals surface area (Å²) in [6, 6.07) is 28.7. The van der Waals surface area contributed by atoms with Crippen LogP contribution < -0.4 is 10.6 Å². The molecule has 0 unspecified atom stereocenters. The zero-order chi connectivity index (χ0) is 23.9. The van der Waals surface area contributed by atoms with E-state index >= 15 is 0 Å². The van der Waals surface area contributed by atoms with Crippen molar-refractivity contribution in [2.24, 2.45) is 0 Å². The highest BCUT2D eigenvalue weighted by Crippen LogP contribution is 2.37. The highest BCUT2D eigenvalue weighted by atomic mass is 16.3. The number of para-hydroxylation sites is 2. The molecule has 0 spiro atoms. The van der Waals surface area contributed by atoms with Crippen LogP contribution in [0.3, 0.4) is 0 Å². The number of benzene rings is 4. The van der Waals surface area contributed by atoms with E-state index in [-0.39, 0.29) is 23.3 Å². The molecule has 6 nitrogen and oxygen atoms in total. The van der Waals surface area contributed by atoms with E-state index in [2.05, 4.69) is 10.6 Å². The fraction of sp³-hybridized carbons (Fsp3) is 0.0714. The number of rotatable bonds is 7. The van der Waals surface area contributed by atoms with Gasteiger partial charge in [0.25, 0.3) is 11.8 Å². The SMILES string of the molecule is O=C(N[C@@H](c1ccccc1O)[C@@H](NC(=O)c1ccccc1)c1ccccc1O)c1ccccc1. The van der Waals surface area contributed by atoms with E-state index in [1.54, 1.807) is 84.9 Å². The van der Waals surface area contributed by atoms with Crippen LogP contribution in [0.2, 0.25) is 0 Å². The predicted molar refractivity (Wildman–Crippen MR) is 130 cm³/mol. The highest BCUT2D eigenvalue weighted by Gasteiger charge is 2.32. The minimum atomic E-state index is -0.894. The number of phenolic OH excluding ortho intramolecular Hbond substituents is 2. The van der Waals surface area contributed by atoms with Gasteiger partial charge in [0.05, 0.1) is 12.1 Å². The van der Waals surface area contributed by atoms with Gasteiger partial charge in [-0.3, -0.25) is 9.59 Å². The Morgan fingerprint density at radius 3 is 1.18 bits per heavy atom. The lowest BCUT2D eigenvalue weighted by molar-refractivity contribution is 0.0880. The lowest BCUT2D eigenvalue weighted by atomic mass is 9.91. The summed E-state index contributed by atoms with van der Waals surface area (Å²) < 4.78 is 0. The lowest BCUT2D eigenvalue weighted by Gasteiger charge is -2.30. The Balaban J connectivity index is 1.80. The third-order valence-corrected chi connectivity index (χ3v) is 5.52. The number of hydrogen-bond acceptors (Lipinski definition) is 4. The molecule has 4 aromatic carbocycles. The zero-order valence-electron chi connectivity index (χ0n) is 18.3. The van der Waals surface area contributed by atoms with Crippen LogP contribution in [0.25, 0.3) is 0 Å². The van der Waals surface area contributed by atoms with Crippen LogP contribution in [-0.2, 0) is 0 Å². The van der Waals surface area contributed by atoms with Gasteiger partial charge < -0.3 is 20.8 Å². The second-order valence-corrected chi connectivity index (χ2v) is 7.75. The van der Waals surface area contributed by atoms with Crippen molar-refractivity contribution in [2.75, 3.05) is 0 Å². The minimum absolute atomic E-state index is 0.0461. The van der Waals surface area contributed by atoms with Crippen LogP contribution >= 0.6 is 0 Å². The molecule has 0 radical (unpaired) electrons. The maximum absolute atomic E-state index is 13.1. The van der Waals surface area contributed by atoms with Gasteiger partial charge >= 0.3 is 0 Å². The first-order chi connectivity index (χ1) is 16.5. The van der Waals surface area contributed by atoms with Gasteiger partial charge in [-0.15, -0.1) is 0 Å². The van der Waals surface area contributed by atoms with E-state index in [4.69, 9.17) is 0 Å². The summed E-state index contributed by atoms with van der Waals surface area (Å²) in [6.45, 7) is 0. The molecule has 0 aliphatic rings. The molecule has 34 heavy (non-hydrogen) atoms. The topological polar surface area (TPSA) is 98.7 Å². The average molecular weight is 453 g/mol. The van der Waals surface area contributed by atoms with Gasteiger partial charge in [0.1, 0.15) is 11.5 Å². The Bertz CT molecular complexity index is 1170. The summed E-state index contributed by atoms with van der Waals surface area (Å²) in [6.07, 6.45) is 0. The molecule has 0 aliphatic heterocycles. The molecule has 4 N–H and O–H groups in total. The van der Waals surface area contributed by atoms with Gasteiger partial charge in [-0.2, -0.15) is 0 Å². The van der Waals surface area contributed by atoms with Crippen molar-refractivity contribution >= 4 is 11.8 Å². The molecule has 0 fully saturated rings. The molecule has 2 amide bonds. The Kier molecular flexibility index (Phi) is 6.89. The van der Waals surface area contributed by atoms with E-state index in [0.717, 1.165) is 0 Å². The molecule has 0 saturated heterocycles. The molecule has 170 valence electrons. The zero-order valence-corrected chi connectivity index (χ0v) is 18.3. The van der Waals surface area contributed by atoms with Crippen LogP contribution in [0.4, 0.5) is 0 Å². The smallest absolute Gasteiger partial charge is 0.251 e. The van der Waals surface area contributed by atoms with Gasteiger partial charge in [-0.1, -0.05) is 72.8 Å². The predicted octanol–water partition coefficient (Wildman–Crippen LogP) is 4.74. The fourth-order valence-electron chi connectivity index (χ4n) is 3.81. The van der Waals surface area contributed by atoms with Crippen molar-refractivity contribution in [3.63, 3.8) is 0 Å². The summed E-state index contributed by atoms with van der Waals surface area (Å²) in [5.74, 6) is -0.864. The van der Waals surface area contributed by atoms with Crippen molar-refractivity contribution in [3.05, 3.63) is 131 Å². The monoisotopic (exact) mass is 452 g/mol. The van der Waals surface area contributed by atoms with Gasteiger partial charge in [0.15, 0.2) is 0 Å². The Hall–Kier alpha value is -4.58. The average Bonchev–Trinajstić information content (AvgIpc) is 2.88. The Labute approximate surface area is 197 Å². The van der Waals surface area contributed by atoms with Crippen LogP contribution in [0.15, 0.2) is 109 Å². The van der Waals surface area contributed by atoms with Gasteiger partial charge in [-0.05, 0) is 36.4 Å². The van der Waals surface area contributed by atoms with Crippen molar-refractivity contribution in [1.82, 2.24) is 10.6 Å². The van der Waals surface area contributed by atoms with Gasteiger partial charge in [0, 0.05) is 22.3 Å². The number of hydrogen-bond donors (Lipinski definition) is 4. The van der Waals surface area contributed by atoms with Crippen molar-refractivity contribution < 1.29 is 19.8 Å². The summed E-state index contributed by atoms with van der Waals surface area (Å²) in [5, 5.41) is 27.2. The molecule has 0 aromatic heterocycles.